The van der Waals surface area contributed by atoms with Crippen molar-refractivity contribution in [3.05, 3.63) is 11.9 Å². The van der Waals surface area contributed by atoms with Crippen molar-refractivity contribution in [1.29, 1.82) is 0 Å². The molecule has 0 spiro atoms. The third kappa shape index (κ3) is 4.70. The summed E-state index contributed by atoms with van der Waals surface area (Å²) in [5.41, 5.74) is -0.448. The predicted molar refractivity (Wildman–Crippen MR) is 102 cm³/mol. The molecule has 28 heavy (non-hydrogen) atoms. The van der Waals surface area contributed by atoms with E-state index in [4.69, 9.17) is 9.47 Å². The zero-order chi connectivity index (χ0) is 20.5. The van der Waals surface area contributed by atoms with E-state index in [0.717, 1.165) is 19.4 Å². The van der Waals surface area contributed by atoms with Crippen molar-refractivity contribution in [3.63, 3.8) is 0 Å². The van der Waals surface area contributed by atoms with Crippen LogP contribution >= 0.6 is 0 Å². The summed E-state index contributed by atoms with van der Waals surface area (Å²) in [5.74, 6) is -0.351. The van der Waals surface area contributed by atoms with Gasteiger partial charge in [-0.05, 0) is 47.5 Å². The maximum atomic E-state index is 12.5. The zero-order valence-electron chi connectivity index (χ0n) is 17.4. The van der Waals surface area contributed by atoms with Crippen molar-refractivity contribution in [2.75, 3.05) is 26.3 Å². The number of aromatic nitrogens is 3. The first kappa shape index (κ1) is 20.7. The van der Waals surface area contributed by atoms with E-state index in [0.29, 0.717) is 19.7 Å². The lowest BCUT2D eigenvalue weighted by atomic mass is 9.91. The van der Waals surface area contributed by atoms with Crippen LogP contribution in [0.1, 0.15) is 57.9 Å². The second-order valence-electron chi connectivity index (χ2n) is 9.04. The molecule has 1 N–H and O–H groups in total. The van der Waals surface area contributed by atoms with Crippen molar-refractivity contribution < 1.29 is 19.1 Å². The van der Waals surface area contributed by atoms with Crippen LogP contribution in [-0.4, -0.2) is 75.8 Å². The Labute approximate surface area is 165 Å². The van der Waals surface area contributed by atoms with Crippen LogP contribution in [0.5, 0.6) is 0 Å². The van der Waals surface area contributed by atoms with Gasteiger partial charge in [0.1, 0.15) is 6.10 Å². The van der Waals surface area contributed by atoms with Gasteiger partial charge >= 0.3 is 0 Å². The highest BCUT2D eigenvalue weighted by molar-refractivity contribution is 5.93. The molecule has 0 aromatic carbocycles. The van der Waals surface area contributed by atoms with Crippen LogP contribution in [-0.2, 0) is 19.8 Å². The number of hydrogen-bond acceptors (Lipinski definition) is 6. The first-order valence-corrected chi connectivity index (χ1v) is 9.85. The fourth-order valence-electron chi connectivity index (χ4n) is 3.42. The number of nitrogens with zero attached hydrogens (tertiary/aromatic N) is 4. The third-order valence-electron chi connectivity index (χ3n) is 5.12. The lowest BCUT2D eigenvalue weighted by Crippen LogP contribution is -2.70. The molecule has 9 nitrogen and oxygen atoms in total. The monoisotopic (exact) mass is 393 g/mol. The van der Waals surface area contributed by atoms with Crippen LogP contribution < -0.4 is 5.32 Å². The van der Waals surface area contributed by atoms with Gasteiger partial charge in [0.05, 0.1) is 30.0 Å². The van der Waals surface area contributed by atoms with Crippen molar-refractivity contribution in [2.24, 2.45) is 0 Å². The van der Waals surface area contributed by atoms with Gasteiger partial charge in [-0.2, -0.15) is 0 Å². The van der Waals surface area contributed by atoms with Gasteiger partial charge in [-0.1, -0.05) is 5.21 Å². The molecule has 2 saturated heterocycles. The molecular weight excluding hydrogens is 362 g/mol. The molecular formula is C19H31N5O4. The minimum absolute atomic E-state index is 0.0663. The standard InChI is InChI=1S/C19H31N5O4/c1-13(28-10-14-7-6-8-27-14)17(26)23-11-19(5,12-23)20-16(25)15-9-24(22-21-15)18(2,3)4/h9,13-14H,6-8,10-12H2,1-5H3,(H,20,25). The van der Waals surface area contributed by atoms with E-state index in [1.54, 1.807) is 22.7 Å². The van der Waals surface area contributed by atoms with Crippen LogP contribution in [0.4, 0.5) is 0 Å². The zero-order valence-corrected chi connectivity index (χ0v) is 17.4. The summed E-state index contributed by atoms with van der Waals surface area (Å²) in [4.78, 5) is 26.7. The minimum Gasteiger partial charge on any atom is -0.376 e. The van der Waals surface area contributed by atoms with E-state index in [1.165, 1.54) is 0 Å². The van der Waals surface area contributed by atoms with E-state index in [-0.39, 0.29) is 29.2 Å². The van der Waals surface area contributed by atoms with Crippen molar-refractivity contribution in [1.82, 2.24) is 25.2 Å². The second-order valence-corrected chi connectivity index (χ2v) is 9.04. The van der Waals surface area contributed by atoms with Gasteiger partial charge in [-0.3, -0.25) is 9.59 Å². The summed E-state index contributed by atoms with van der Waals surface area (Å²) in [6, 6.07) is 0. The number of nitrogens with one attached hydrogen (secondary N) is 1. The summed E-state index contributed by atoms with van der Waals surface area (Å²) < 4.78 is 12.8. The van der Waals surface area contributed by atoms with Gasteiger partial charge in [-0.15, -0.1) is 5.10 Å². The number of carbonyl (C=O) groups excluding carboxylic acids is 2. The van der Waals surface area contributed by atoms with Crippen LogP contribution in [0.25, 0.3) is 0 Å². The highest BCUT2D eigenvalue weighted by Crippen LogP contribution is 2.23. The van der Waals surface area contributed by atoms with Gasteiger partial charge < -0.3 is 19.7 Å². The van der Waals surface area contributed by atoms with E-state index in [2.05, 4.69) is 15.6 Å². The van der Waals surface area contributed by atoms with E-state index in [9.17, 15) is 9.59 Å². The Morgan fingerprint density at radius 3 is 2.71 bits per heavy atom. The largest absolute Gasteiger partial charge is 0.376 e. The smallest absolute Gasteiger partial charge is 0.274 e. The Hall–Kier alpha value is -2.00. The van der Waals surface area contributed by atoms with Crippen molar-refractivity contribution in [3.8, 4) is 0 Å². The van der Waals surface area contributed by atoms with Gasteiger partial charge in [0.2, 0.25) is 0 Å². The van der Waals surface area contributed by atoms with Gasteiger partial charge in [0, 0.05) is 19.7 Å². The molecule has 0 radical (unpaired) electrons. The second kappa shape index (κ2) is 7.79. The first-order chi connectivity index (χ1) is 13.1. The molecule has 0 aliphatic carbocycles. The van der Waals surface area contributed by atoms with Crippen LogP contribution in [0.3, 0.4) is 0 Å². The number of hydrogen-bond donors (Lipinski definition) is 1. The summed E-state index contributed by atoms with van der Waals surface area (Å²) >= 11 is 0. The van der Waals surface area contributed by atoms with Gasteiger partial charge in [0.25, 0.3) is 11.8 Å². The molecule has 2 unspecified atom stereocenters. The maximum Gasteiger partial charge on any atom is 0.274 e. The lowest BCUT2D eigenvalue weighted by molar-refractivity contribution is -0.152. The molecule has 1 aromatic rings. The molecule has 2 aliphatic heterocycles. The van der Waals surface area contributed by atoms with Crippen LogP contribution in [0.2, 0.25) is 0 Å². The molecule has 3 rings (SSSR count). The molecule has 2 amide bonds. The summed E-state index contributed by atoms with van der Waals surface area (Å²) in [7, 11) is 0. The van der Waals surface area contributed by atoms with Gasteiger partial charge in [-0.25, -0.2) is 4.68 Å². The number of likely N-dealkylation sites (tertiary alicyclic amines) is 1. The SMILES string of the molecule is CC(OCC1CCCO1)C(=O)N1CC(C)(NC(=O)c2cn(C(C)(C)C)nn2)C1. The molecule has 156 valence electrons. The van der Waals surface area contributed by atoms with Crippen LogP contribution in [0, 0.1) is 0 Å². The third-order valence-corrected chi connectivity index (χ3v) is 5.12. The van der Waals surface area contributed by atoms with E-state index in [1.807, 2.05) is 27.7 Å². The molecule has 2 fully saturated rings. The number of carbonyl (C=O) groups is 2. The maximum absolute atomic E-state index is 12.5. The molecule has 9 heteroatoms. The Bertz CT molecular complexity index is 714. The Balaban J connectivity index is 1.46. The van der Waals surface area contributed by atoms with Crippen LogP contribution in [0.15, 0.2) is 6.20 Å². The molecule has 2 aliphatic rings. The number of ether oxygens (including phenoxy) is 2. The average molecular weight is 393 g/mol. The fourth-order valence-corrected chi connectivity index (χ4v) is 3.42. The number of rotatable bonds is 6. The summed E-state index contributed by atoms with van der Waals surface area (Å²) in [6.07, 6.45) is 3.24. The normalized spacial score (nSPS) is 22.6. The average Bonchev–Trinajstić information content (AvgIpc) is 3.27. The molecule has 2 atom stereocenters. The highest BCUT2D eigenvalue weighted by atomic mass is 16.5. The number of amides is 2. The summed E-state index contributed by atoms with van der Waals surface area (Å²) in [6.45, 7) is 11.7. The highest BCUT2D eigenvalue weighted by Gasteiger charge is 2.44. The molecule has 3 heterocycles. The van der Waals surface area contributed by atoms with Gasteiger partial charge in [0.15, 0.2) is 5.69 Å². The van der Waals surface area contributed by atoms with Crippen molar-refractivity contribution >= 4 is 11.8 Å². The Morgan fingerprint density at radius 2 is 2.14 bits per heavy atom. The quantitative estimate of drug-likeness (QED) is 0.773. The molecule has 0 saturated carbocycles. The van der Waals surface area contributed by atoms with Crippen molar-refractivity contribution in [2.45, 2.75) is 70.7 Å². The first-order valence-electron chi connectivity index (χ1n) is 9.85. The predicted octanol–water partition coefficient (Wildman–Crippen LogP) is 0.948. The Morgan fingerprint density at radius 1 is 1.43 bits per heavy atom. The molecule has 1 aromatic heterocycles. The molecule has 0 bridgehead atoms. The lowest BCUT2D eigenvalue weighted by Gasteiger charge is -2.48. The van der Waals surface area contributed by atoms with E-state index < -0.39 is 11.6 Å². The topological polar surface area (TPSA) is 98.6 Å². The minimum atomic E-state index is -0.517. The Kier molecular flexibility index (Phi) is 5.77. The summed E-state index contributed by atoms with van der Waals surface area (Å²) in [5, 5.41) is 10.9. The van der Waals surface area contributed by atoms with E-state index >= 15 is 0 Å². The fraction of sp³-hybridized carbons (Fsp3) is 0.789.